The second-order valence-corrected chi connectivity index (χ2v) is 5.95. The van der Waals surface area contributed by atoms with Gasteiger partial charge in [-0.25, -0.2) is 4.79 Å². The highest BCUT2D eigenvalue weighted by Crippen LogP contribution is 2.25. The molecule has 0 saturated carbocycles. The van der Waals surface area contributed by atoms with Crippen molar-refractivity contribution in [3.8, 4) is 0 Å². The fourth-order valence-electron chi connectivity index (χ4n) is 2.71. The Bertz CT molecular complexity index is 762. The Morgan fingerprint density at radius 2 is 1.44 bits per heavy atom. The average Bonchev–Trinajstić information content (AvgIpc) is 2.68. The number of hydrogen-bond acceptors (Lipinski definition) is 4. The van der Waals surface area contributed by atoms with E-state index in [1.165, 1.54) is 0 Å². The monoisotopic (exact) mass is 368 g/mol. The van der Waals surface area contributed by atoms with E-state index in [1.54, 1.807) is 37.3 Å². The van der Waals surface area contributed by atoms with Crippen LogP contribution in [0, 0.1) is 0 Å². The van der Waals surface area contributed by atoms with Crippen LogP contribution in [0.5, 0.6) is 0 Å². The van der Waals surface area contributed by atoms with Gasteiger partial charge in [0.05, 0.1) is 5.92 Å². The molecular weight excluding hydrogens is 344 g/mol. The molecule has 6 heteroatoms. The van der Waals surface area contributed by atoms with Crippen molar-refractivity contribution in [3.05, 3.63) is 71.8 Å². The minimum Gasteiger partial charge on any atom is -0.447 e. The zero-order valence-electron chi connectivity index (χ0n) is 15.5. The van der Waals surface area contributed by atoms with E-state index in [9.17, 15) is 14.4 Å². The van der Waals surface area contributed by atoms with Crippen molar-refractivity contribution in [1.29, 1.82) is 0 Å². The van der Waals surface area contributed by atoms with Gasteiger partial charge in [-0.2, -0.15) is 0 Å². The quantitative estimate of drug-likeness (QED) is 0.735. The maximum Gasteiger partial charge on any atom is 0.321 e. The number of imide groups is 1. The second-order valence-electron chi connectivity index (χ2n) is 5.95. The predicted octanol–water partition coefficient (Wildman–Crippen LogP) is 3.31. The predicted molar refractivity (Wildman–Crippen MR) is 102 cm³/mol. The topological polar surface area (TPSA) is 84.5 Å². The summed E-state index contributed by atoms with van der Waals surface area (Å²) >= 11 is 0. The molecule has 6 nitrogen and oxygen atoms in total. The van der Waals surface area contributed by atoms with Crippen molar-refractivity contribution < 1.29 is 19.1 Å². The molecule has 0 radical (unpaired) electrons. The molecule has 2 N–H and O–H groups in total. The lowest BCUT2D eigenvalue weighted by Gasteiger charge is -2.21. The molecule has 0 aliphatic rings. The van der Waals surface area contributed by atoms with Crippen LogP contribution < -0.4 is 10.6 Å². The highest BCUT2D eigenvalue weighted by atomic mass is 16.5. The molecular formula is C21H24N2O4. The van der Waals surface area contributed by atoms with Crippen molar-refractivity contribution in [3.63, 3.8) is 0 Å². The Hall–Kier alpha value is -3.15. The Kier molecular flexibility index (Phi) is 7.55. The molecule has 2 aromatic rings. The molecule has 0 aliphatic heterocycles. The van der Waals surface area contributed by atoms with Crippen LogP contribution in [0.25, 0.3) is 0 Å². The van der Waals surface area contributed by atoms with Gasteiger partial charge in [-0.15, -0.1) is 0 Å². The number of amides is 3. The normalized spacial score (nSPS) is 12.5. The summed E-state index contributed by atoms with van der Waals surface area (Å²) in [6, 6.07) is 17.3. The Morgan fingerprint density at radius 3 is 1.96 bits per heavy atom. The Balaban J connectivity index is 2.22. The van der Waals surface area contributed by atoms with E-state index in [2.05, 4.69) is 10.6 Å². The molecule has 0 aromatic heterocycles. The minimum atomic E-state index is -1.21. The first-order chi connectivity index (χ1) is 13.1. The third-order valence-corrected chi connectivity index (χ3v) is 4.04. The van der Waals surface area contributed by atoms with Crippen molar-refractivity contribution >= 4 is 17.9 Å². The molecule has 2 atom stereocenters. The summed E-state index contributed by atoms with van der Waals surface area (Å²) in [6.45, 7) is 4.00. The zero-order chi connectivity index (χ0) is 19.6. The molecule has 0 saturated heterocycles. The fraction of sp³-hybridized carbons (Fsp3) is 0.286. The van der Waals surface area contributed by atoms with Crippen LogP contribution >= 0.6 is 0 Å². The van der Waals surface area contributed by atoms with Crippen LogP contribution in [0.15, 0.2) is 60.7 Å². The lowest BCUT2D eigenvalue weighted by Crippen LogP contribution is -2.42. The summed E-state index contributed by atoms with van der Waals surface area (Å²) in [4.78, 5) is 37.0. The maximum atomic E-state index is 12.8. The lowest BCUT2D eigenvalue weighted by molar-refractivity contribution is -0.157. The zero-order valence-corrected chi connectivity index (χ0v) is 15.5. The first-order valence-corrected chi connectivity index (χ1v) is 8.95. The second kappa shape index (κ2) is 10.1. The van der Waals surface area contributed by atoms with E-state index in [1.807, 2.05) is 37.3 Å². The van der Waals surface area contributed by atoms with E-state index < -0.39 is 29.9 Å². The van der Waals surface area contributed by atoms with Crippen molar-refractivity contribution in [1.82, 2.24) is 10.6 Å². The van der Waals surface area contributed by atoms with E-state index in [0.29, 0.717) is 18.5 Å². The van der Waals surface area contributed by atoms with Crippen molar-refractivity contribution in [2.24, 2.45) is 0 Å². The molecule has 0 heterocycles. The minimum absolute atomic E-state index is 0.376. The largest absolute Gasteiger partial charge is 0.447 e. The average molecular weight is 368 g/mol. The van der Waals surface area contributed by atoms with Gasteiger partial charge in [0.15, 0.2) is 0 Å². The van der Waals surface area contributed by atoms with Crippen molar-refractivity contribution in [2.75, 3.05) is 6.54 Å². The van der Waals surface area contributed by atoms with Gasteiger partial charge in [-0.3, -0.25) is 14.9 Å². The summed E-state index contributed by atoms with van der Waals surface area (Å²) in [5, 5.41) is 4.70. The molecule has 3 amide bonds. The van der Waals surface area contributed by atoms with Gasteiger partial charge in [0.25, 0.3) is 5.91 Å². The molecule has 0 bridgehead atoms. The smallest absolute Gasteiger partial charge is 0.321 e. The van der Waals surface area contributed by atoms with E-state index in [0.717, 1.165) is 5.56 Å². The molecule has 0 fully saturated rings. The maximum absolute atomic E-state index is 12.8. The molecule has 0 unspecified atom stereocenters. The lowest BCUT2D eigenvalue weighted by atomic mass is 9.96. The van der Waals surface area contributed by atoms with Gasteiger partial charge < -0.3 is 10.1 Å². The number of esters is 1. The highest BCUT2D eigenvalue weighted by molar-refractivity contribution is 5.98. The number of nitrogens with one attached hydrogen (secondary N) is 2. The summed E-state index contributed by atoms with van der Waals surface area (Å²) in [7, 11) is 0. The third kappa shape index (κ3) is 5.67. The first kappa shape index (κ1) is 20.2. The van der Waals surface area contributed by atoms with Gasteiger partial charge in [0.1, 0.15) is 0 Å². The highest BCUT2D eigenvalue weighted by Gasteiger charge is 2.30. The summed E-state index contributed by atoms with van der Waals surface area (Å²) < 4.78 is 5.55. The summed E-state index contributed by atoms with van der Waals surface area (Å²) in [5.74, 6) is -1.69. The van der Waals surface area contributed by atoms with Gasteiger partial charge >= 0.3 is 12.0 Å². The van der Waals surface area contributed by atoms with Crippen molar-refractivity contribution in [2.45, 2.75) is 32.3 Å². The third-order valence-electron chi connectivity index (χ3n) is 4.04. The molecule has 2 rings (SSSR count). The van der Waals surface area contributed by atoms with E-state index in [4.69, 9.17) is 4.74 Å². The van der Waals surface area contributed by atoms with Crippen LogP contribution in [0.4, 0.5) is 4.79 Å². The number of carbonyl (C=O) groups excluding carboxylic acids is 3. The van der Waals surface area contributed by atoms with Crippen LogP contribution in [0.2, 0.25) is 0 Å². The molecule has 2 aromatic carbocycles. The number of urea groups is 1. The molecule has 27 heavy (non-hydrogen) atoms. The molecule has 142 valence electrons. The van der Waals surface area contributed by atoms with Crippen LogP contribution in [0.1, 0.15) is 43.4 Å². The number of carbonyl (C=O) groups is 3. The van der Waals surface area contributed by atoms with E-state index >= 15 is 0 Å². The van der Waals surface area contributed by atoms with Gasteiger partial charge in [0, 0.05) is 12.1 Å². The van der Waals surface area contributed by atoms with Crippen LogP contribution in [-0.4, -0.2) is 24.5 Å². The number of ether oxygens (including phenoxy) is 1. The van der Waals surface area contributed by atoms with Gasteiger partial charge in [-0.1, -0.05) is 67.6 Å². The van der Waals surface area contributed by atoms with Crippen LogP contribution in [0.3, 0.4) is 0 Å². The standard InChI is InChI=1S/C21H24N2O4/c1-3-17(15-11-7-5-8-12-15)20(25)27-18(16-13-9-6-10-14-16)19(24)23-21(26)22-4-2/h5-14,17-18H,3-4H2,1-2H3,(H2,22,23,24,26)/t17-,18+/m1/s1. The Labute approximate surface area is 158 Å². The molecule has 0 aliphatic carbocycles. The first-order valence-electron chi connectivity index (χ1n) is 8.95. The Morgan fingerprint density at radius 1 is 0.889 bits per heavy atom. The van der Waals surface area contributed by atoms with Crippen LogP contribution in [-0.2, 0) is 14.3 Å². The summed E-state index contributed by atoms with van der Waals surface area (Å²) in [5.41, 5.74) is 1.32. The van der Waals surface area contributed by atoms with E-state index in [-0.39, 0.29) is 0 Å². The molecule has 0 spiro atoms. The van der Waals surface area contributed by atoms with Gasteiger partial charge in [0.2, 0.25) is 6.10 Å². The number of rotatable bonds is 7. The number of hydrogen-bond donors (Lipinski definition) is 2. The van der Waals surface area contributed by atoms with Gasteiger partial charge in [-0.05, 0) is 18.9 Å². The fourth-order valence-corrected chi connectivity index (χ4v) is 2.71. The summed E-state index contributed by atoms with van der Waals surface area (Å²) in [6.07, 6.45) is -0.679. The SMILES string of the molecule is CCNC(=O)NC(=O)[C@@H](OC(=O)[C@H](CC)c1ccccc1)c1ccccc1. The number of benzene rings is 2.